The average Bonchev–Trinajstić information content (AvgIpc) is 3.77. The maximum atomic E-state index is 5.35. The van der Waals surface area contributed by atoms with Gasteiger partial charge in [0.15, 0.2) is 0 Å². The second-order valence-electron chi connectivity index (χ2n) is 21.0. The van der Waals surface area contributed by atoms with Crippen LogP contribution in [0, 0.1) is 0 Å². The van der Waals surface area contributed by atoms with Gasteiger partial charge in [-0.3, -0.25) is 9.97 Å². The molecular formula is C72H45N3. The van der Waals surface area contributed by atoms with Crippen molar-refractivity contribution in [2.24, 2.45) is 0 Å². The van der Waals surface area contributed by atoms with Gasteiger partial charge in [0.1, 0.15) is 0 Å². The Hall–Kier alpha value is -9.57. The summed E-state index contributed by atoms with van der Waals surface area (Å²) in [6, 6.07) is 79.5. The molecule has 12 aromatic carbocycles. The van der Waals surface area contributed by atoms with Crippen molar-refractivity contribution in [2.45, 2.75) is 19.3 Å². The zero-order valence-electron chi connectivity index (χ0n) is 41.4. The van der Waals surface area contributed by atoms with E-state index in [2.05, 4.69) is 236 Å². The summed E-state index contributed by atoms with van der Waals surface area (Å²) in [7, 11) is 0. The number of benzene rings is 12. The van der Waals surface area contributed by atoms with E-state index in [0.717, 1.165) is 11.2 Å². The van der Waals surface area contributed by atoms with Gasteiger partial charge in [0.2, 0.25) is 0 Å². The zero-order chi connectivity index (χ0) is 49.5. The second kappa shape index (κ2) is 15.7. The molecule has 3 heterocycles. The molecule has 3 nitrogen and oxygen atoms in total. The van der Waals surface area contributed by atoms with Crippen molar-refractivity contribution >= 4 is 75.5 Å². The summed E-state index contributed by atoms with van der Waals surface area (Å²) in [4.78, 5) is 14.0. The molecule has 0 amide bonds. The standard InChI is InChI=1S/C72H45N3/c1-72(2)63-9-5-3-7-61(63)71-70(72)69(62-8-4-6-10-64(62)75-71)49-13-11-42(12-14-49)50-39-51(55-25-17-47-19-27-57-53(43-31-35-73-36-32-43)23-15-45-21-29-59(55)67(47)65(45)57)41-52(40-50)56-26-18-48-20-28-58-54(44-33-37-74-38-34-44)24-16-46-22-30-60(56)68(48)66(46)58/h3-41H,1-2H3. The molecule has 348 valence electrons. The summed E-state index contributed by atoms with van der Waals surface area (Å²) in [6.45, 7) is 4.72. The van der Waals surface area contributed by atoms with Crippen molar-refractivity contribution in [3.8, 4) is 78.0 Å². The Bertz CT molecular complexity index is 4610. The van der Waals surface area contributed by atoms with Gasteiger partial charge in [-0.25, -0.2) is 4.98 Å². The molecule has 75 heavy (non-hydrogen) atoms. The van der Waals surface area contributed by atoms with Gasteiger partial charge in [-0.1, -0.05) is 178 Å². The van der Waals surface area contributed by atoms with Crippen molar-refractivity contribution < 1.29 is 0 Å². The monoisotopic (exact) mass is 951 g/mol. The number of para-hydroxylation sites is 1. The fourth-order valence-electron chi connectivity index (χ4n) is 13.3. The fourth-order valence-corrected chi connectivity index (χ4v) is 13.3. The molecule has 0 bridgehead atoms. The SMILES string of the molecule is CC1(C)c2ccccc2-c2nc3ccccc3c(-c3ccc(-c4cc(-c5ccc6ccc7c(-c8ccncc8)ccc8ccc5c6c87)cc(-c5ccc6ccc7c(-c8ccncc8)ccc8ccc5c6c87)c4)cc3)c21. The lowest BCUT2D eigenvalue weighted by Crippen LogP contribution is -2.16. The summed E-state index contributed by atoms with van der Waals surface area (Å²) >= 11 is 0. The Labute approximate surface area is 433 Å². The van der Waals surface area contributed by atoms with Gasteiger partial charge < -0.3 is 0 Å². The molecule has 0 radical (unpaired) electrons. The highest BCUT2D eigenvalue weighted by Crippen LogP contribution is 2.54. The molecule has 3 aromatic heterocycles. The van der Waals surface area contributed by atoms with Crippen LogP contribution in [-0.4, -0.2) is 15.0 Å². The van der Waals surface area contributed by atoms with E-state index in [-0.39, 0.29) is 5.41 Å². The number of fused-ring (bicyclic) bond motifs is 4. The van der Waals surface area contributed by atoms with Crippen LogP contribution in [0.4, 0.5) is 0 Å². The van der Waals surface area contributed by atoms with Gasteiger partial charge in [0.25, 0.3) is 0 Å². The maximum absolute atomic E-state index is 5.35. The molecule has 0 atom stereocenters. The molecule has 0 unspecified atom stereocenters. The molecule has 0 spiro atoms. The molecule has 0 aliphatic heterocycles. The van der Waals surface area contributed by atoms with E-state index in [0.29, 0.717) is 0 Å². The van der Waals surface area contributed by atoms with Crippen molar-refractivity contribution in [3.05, 3.63) is 248 Å². The predicted molar refractivity (Wildman–Crippen MR) is 315 cm³/mol. The van der Waals surface area contributed by atoms with Crippen LogP contribution in [0.5, 0.6) is 0 Å². The lowest BCUT2D eigenvalue weighted by molar-refractivity contribution is 0.662. The summed E-state index contributed by atoms with van der Waals surface area (Å²) in [5.74, 6) is 0. The first kappa shape index (κ1) is 42.0. The van der Waals surface area contributed by atoms with Gasteiger partial charge in [0.05, 0.1) is 11.2 Å². The summed E-state index contributed by atoms with van der Waals surface area (Å²) in [5, 5.41) is 16.3. The highest BCUT2D eigenvalue weighted by Gasteiger charge is 2.39. The van der Waals surface area contributed by atoms with Crippen molar-refractivity contribution in [2.75, 3.05) is 0 Å². The summed E-state index contributed by atoms with van der Waals surface area (Å²) < 4.78 is 0. The van der Waals surface area contributed by atoms with E-state index < -0.39 is 0 Å². The minimum atomic E-state index is -0.220. The number of aromatic nitrogens is 3. The van der Waals surface area contributed by atoms with Crippen LogP contribution in [0.15, 0.2) is 237 Å². The van der Waals surface area contributed by atoms with E-state index >= 15 is 0 Å². The number of nitrogens with zero attached hydrogens (tertiary/aromatic N) is 3. The first-order valence-corrected chi connectivity index (χ1v) is 26.0. The van der Waals surface area contributed by atoms with Crippen molar-refractivity contribution in [1.29, 1.82) is 0 Å². The molecule has 0 fully saturated rings. The van der Waals surface area contributed by atoms with Crippen LogP contribution in [0.3, 0.4) is 0 Å². The van der Waals surface area contributed by atoms with Crippen LogP contribution < -0.4 is 0 Å². The van der Waals surface area contributed by atoms with Crippen LogP contribution >= 0.6 is 0 Å². The smallest absolute Gasteiger partial charge is 0.0759 e. The molecular weight excluding hydrogens is 907 g/mol. The van der Waals surface area contributed by atoms with Gasteiger partial charge in [0, 0.05) is 41.2 Å². The summed E-state index contributed by atoms with van der Waals surface area (Å²) in [5.41, 5.74) is 20.1. The highest BCUT2D eigenvalue weighted by atomic mass is 14.7. The van der Waals surface area contributed by atoms with Crippen molar-refractivity contribution in [3.63, 3.8) is 0 Å². The summed E-state index contributed by atoms with van der Waals surface area (Å²) in [6.07, 6.45) is 7.54. The zero-order valence-corrected chi connectivity index (χ0v) is 41.4. The van der Waals surface area contributed by atoms with Crippen molar-refractivity contribution in [1.82, 2.24) is 15.0 Å². The third kappa shape index (κ3) is 6.13. The average molecular weight is 952 g/mol. The van der Waals surface area contributed by atoms with E-state index in [1.807, 2.05) is 24.8 Å². The Morgan fingerprint density at radius 3 is 1.23 bits per heavy atom. The lowest BCUT2D eigenvalue weighted by atomic mass is 9.78. The van der Waals surface area contributed by atoms with E-state index in [1.165, 1.54) is 153 Å². The fraction of sp³-hybridized carbons (Fsp3) is 0.0417. The van der Waals surface area contributed by atoms with Gasteiger partial charge in [-0.15, -0.1) is 0 Å². The van der Waals surface area contributed by atoms with Gasteiger partial charge in [-0.2, -0.15) is 0 Å². The molecule has 16 rings (SSSR count). The molecule has 3 heteroatoms. The topological polar surface area (TPSA) is 38.7 Å². The van der Waals surface area contributed by atoms with Gasteiger partial charge in [-0.05, 0) is 191 Å². The minimum absolute atomic E-state index is 0.220. The normalized spacial score (nSPS) is 13.0. The molecule has 0 saturated carbocycles. The predicted octanol–water partition coefficient (Wildman–Crippen LogP) is 19.1. The Morgan fingerprint density at radius 2 is 0.720 bits per heavy atom. The quantitative estimate of drug-likeness (QED) is 0.156. The Morgan fingerprint density at radius 1 is 0.307 bits per heavy atom. The first-order valence-electron chi connectivity index (χ1n) is 26.0. The van der Waals surface area contributed by atoms with Crippen LogP contribution in [-0.2, 0) is 5.41 Å². The van der Waals surface area contributed by atoms with Crippen LogP contribution in [0.25, 0.3) is 154 Å². The molecule has 1 aliphatic rings. The number of rotatable bonds is 6. The first-order chi connectivity index (χ1) is 36.9. The molecule has 0 N–H and O–H groups in total. The molecule has 0 saturated heterocycles. The third-order valence-corrected chi connectivity index (χ3v) is 16.7. The second-order valence-corrected chi connectivity index (χ2v) is 21.0. The lowest BCUT2D eigenvalue weighted by Gasteiger charge is -2.25. The van der Waals surface area contributed by atoms with E-state index in [9.17, 15) is 0 Å². The highest BCUT2D eigenvalue weighted by molar-refractivity contribution is 6.29. The molecule has 1 aliphatic carbocycles. The number of hydrogen-bond acceptors (Lipinski definition) is 3. The van der Waals surface area contributed by atoms with Gasteiger partial charge >= 0.3 is 0 Å². The van der Waals surface area contributed by atoms with E-state index in [1.54, 1.807) is 0 Å². The van der Waals surface area contributed by atoms with Crippen LogP contribution in [0.1, 0.15) is 25.0 Å². The minimum Gasteiger partial charge on any atom is -0.265 e. The third-order valence-electron chi connectivity index (χ3n) is 16.7. The Balaban J connectivity index is 0.922. The van der Waals surface area contributed by atoms with Crippen LogP contribution in [0.2, 0.25) is 0 Å². The van der Waals surface area contributed by atoms with E-state index in [4.69, 9.17) is 4.98 Å². The number of pyridine rings is 3. The molecule has 15 aromatic rings. The largest absolute Gasteiger partial charge is 0.265 e. The Kier molecular flexibility index (Phi) is 8.80. The maximum Gasteiger partial charge on any atom is 0.0759 e. The number of hydrogen-bond donors (Lipinski definition) is 0.